The van der Waals surface area contributed by atoms with Gasteiger partial charge in [0.1, 0.15) is 5.82 Å². The fraction of sp³-hybridized carbons (Fsp3) is 0.286. The first-order chi connectivity index (χ1) is 13.1. The van der Waals surface area contributed by atoms with Crippen LogP contribution in [0, 0.1) is 29.5 Å². The van der Waals surface area contributed by atoms with Crippen LogP contribution in [0.1, 0.15) is 12.0 Å². The molecule has 2 aliphatic carbocycles. The molecular weight excluding hydrogens is 345 g/mol. The molecule has 1 heterocycles. The summed E-state index contributed by atoms with van der Waals surface area (Å²) in [5.74, 6) is -1.34. The predicted molar refractivity (Wildman–Crippen MR) is 98.8 cm³/mol. The van der Waals surface area contributed by atoms with E-state index in [-0.39, 0.29) is 29.5 Å². The number of nitrogens with zero attached hydrogens (tertiary/aromatic N) is 1. The van der Waals surface area contributed by atoms with Gasteiger partial charge in [0.25, 0.3) is 0 Å². The average molecular weight is 365 g/mol. The van der Waals surface area contributed by atoms with Crippen LogP contribution in [0.25, 0.3) is 0 Å². The zero-order chi connectivity index (χ0) is 18.8. The molecule has 0 radical (unpaired) electrons. The van der Waals surface area contributed by atoms with Gasteiger partial charge >= 0.3 is 0 Å². The maximum Gasteiger partial charge on any atom is 0.228 e. The van der Waals surface area contributed by atoms with Crippen molar-refractivity contribution in [2.75, 3.05) is 5.32 Å². The molecule has 2 N–H and O–H groups in total. The van der Waals surface area contributed by atoms with Crippen molar-refractivity contribution in [3.05, 3.63) is 72.3 Å². The highest BCUT2D eigenvalue weighted by molar-refractivity contribution is 5.97. The number of hydrogen-bond acceptors (Lipinski definition) is 3. The highest BCUT2D eigenvalue weighted by Gasteiger charge is 2.51. The number of hydrogen-bond donors (Lipinski definition) is 2. The number of nitrogens with one attached hydrogen (secondary N) is 2. The van der Waals surface area contributed by atoms with Crippen LogP contribution >= 0.6 is 0 Å². The van der Waals surface area contributed by atoms with Gasteiger partial charge in [0, 0.05) is 24.6 Å². The Morgan fingerprint density at radius 1 is 1.04 bits per heavy atom. The minimum Gasteiger partial charge on any atom is -0.352 e. The summed E-state index contributed by atoms with van der Waals surface area (Å²) in [6, 6.07) is 9.36. The lowest BCUT2D eigenvalue weighted by atomic mass is 9.81. The Labute approximate surface area is 156 Å². The van der Waals surface area contributed by atoms with Crippen LogP contribution in [0.2, 0.25) is 0 Å². The van der Waals surface area contributed by atoms with Gasteiger partial charge in [-0.3, -0.25) is 14.6 Å². The largest absolute Gasteiger partial charge is 0.352 e. The van der Waals surface area contributed by atoms with Crippen molar-refractivity contribution >= 4 is 17.5 Å². The van der Waals surface area contributed by atoms with Crippen molar-refractivity contribution in [1.82, 2.24) is 10.3 Å². The van der Waals surface area contributed by atoms with Gasteiger partial charge in [-0.15, -0.1) is 0 Å². The number of anilines is 1. The Bertz CT molecular complexity index is 867. The van der Waals surface area contributed by atoms with E-state index < -0.39 is 11.8 Å². The molecule has 1 fully saturated rings. The van der Waals surface area contributed by atoms with Crippen LogP contribution in [0.5, 0.6) is 0 Å². The Kier molecular flexibility index (Phi) is 4.71. The van der Waals surface area contributed by atoms with Crippen molar-refractivity contribution in [2.45, 2.75) is 13.0 Å². The standard InChI is InChI=1S/C21H20FN3O2/c22-16-5-7-17(8-6-16)25-21(27)19-15-4-3-14(10-15)18(19)20(26)24-12-13-2-1-9-23-11-13/h1-9,11,14-15,18-19H,10,12H2,(H,24,26)(H,25,27). The van der Waals surface area contributed by atoms with E-state index >= 15 is 0 Å². The Balaban J connectivity index is 1.45. The zero-order valence-corrected chi connectivity index (χ0v) is 14.6. The summed E-state index contributed by atoms with van der Waals surface area (Å²) >= 11 is 0. The van der Waals surface area contributed by atoms with E-state index in [1.165, 1.54) is 24.3 Å². The number of allylic oxidation sites excluding steroid dienone is 2. The molecule has 27 heavy (non-hydrogen) atoms. The quantitative estimate of drug-likeness (QED) is 0.801. The van der Waals surface area contributed by atoms with E-state index in [0.29, 0.717) is 12.2 Å². The average Bonchev–Trinajstić information content (AvgIpc) is 3.30. The van der Waals surface area contributed by atoms with Gasteiger partial charge in [0.15, 0.2) is 0 Å². The van der Waals surface area contributed by atoms with E-state index in [1.54, 1.807) is 12.4 Å². The van der Waals surface area contributed by atoms with Crippen LogP contribution in [0.3, 0.4) is 0 Å². The van der Waals surface area contributed by atoms with Crippen molar-refractivity contribution in [3.8, 4) is 0 Å². The Morgan fingerprint density at radius 3 is 2.41 bits per heavy atom. The van der Waals surface area contributed by atoms with Crippen molar-refractivity contribution in [1.29, 1.82) is 0 Å². The van der Waals surface area contributed by atoms with Crippen LogP contribution in [0.15, 0.2) is 60.9 Å². The number of rotatable bonds is 5. The molecule has 0 spiro atoms. The highest BCUT2D eigenvalue weighted by Crippen LogP contribution is 2.48. The van der Waals surface area contributed by atoms with Crippen LogP contribution in [-0.2, 0) is 16.1 Å². The second kappa shape index (κ2) is 7.31. The predicted octanol–water partition coefficient (Wildman–Crippen LogP) is 2.91. The SMILES string of the molecule is O=C(NCc1cccnc1)C1C2C=CC(C2)C1C(=O)Nc1ccc(F)cc1. The van der Waals surface area contributed by atoms with Gasteiger partial charge in [0.05, 0.1) is 11.8 Å². The Hall–Kier alpha value is -3.02. The lowest BCUT2D eigenvalue weighted by molar-refractivity contribution is -0.133. The molecule has 4 atom stereocenters. The molecular formula is C21H20FN3O2. The van der Waals surface area contributed by atoms with Gasteiger partial charge in [-0.05, 0) is 54.2 Å². The minimum atomic E-state index is -0.418. The molecule has 138 valence electrons. The second-order valence-corrected chi connectivity index (χ2v) is 7.08. The van der Waals surface area contributed by atoms with Gasteiger partial charge in [-0.1, -0.05) is 18.2 Å². The first-order valence-electron chi connectivity index (χ1n) is 9.03. The minimum absolute atomic E-state index is 0.0598. The fourth-order valence-electron chi connectivity index (χ4n) is 4.11. The second-order valence-electron chi connectivity index (χ2n) is 7.08. The first-order valence-corrected chi connectivity index (χ1v) is 9.03. The van der Waals surface area contributed by atoms with Crippen molar-refractivity contribution < 1.29 is 14.0 Å². The summed E-state index contributed by atoms with van der Waals surface area (Å²) in [7, 11) is 0. The molecule has 0 aliphatic heterocycles. The van der Waals surface area contributed by atoms with Gasteiger partial charge in [0.2, 0.25) is 11.8 Å². The molecule has 2 bridgehead atoms. The van der Waals surface area contributed by atoms with E-state index in [9.17, 15) is 14.0 Å². The summed E-state index contributed by atoms with van der Waals surface area (Å²) in [6.45, 7) is 0.385. The normalized spacial score (nSPS) is 25.4. The molecule has 1 aromatic heterocycles. The first kappa shape index (κ1) is 17.4. The van der Waals surface area contributed by atoms with Crippen molar-refractivity contribution in [2.24, 2.45) is 23.7 Å². The summed E-state index contributed by atoms with van der Waals surface area (Å²) < 4.78 is 13.1. The monoisotopic (exact) mass is 365 g/mol. The summed E-state index contributed by atoms with van der Waals surface area (Å²) in [6.07, 6.45) is 8.28. The number of aromatic nitrogens is 1. The van der Waals surface area contributed by atoms with Crippen LogP contribution < -0.4 is 10.6 Å². The topological polar surface area (TPSA) is 71.1 Å². The third-order valence-corrected chi connectivity index (χ3v) is 5.37. The van der Waals surface area contributed by atoms with Crippen molar-refractivity contribution in [3.63, 3.8) is 0 Å². The van der Waals surface area contributed by atoms with Crippen LogP contribution in [0.4, 0.5) is 10.1 Å². The highest BCUT2D eigenvalue weighted by atomic mass is 19.1. The number of carbonyl (C=O) groups is 2. The third kappa shape index (κ3) is 3.60. The lowest BCUT2D eigenvalue weighted by Gasteiger charge is -2.26. The van der Waals surface area contributed by atoms with E-state index in [4.69, 9.17) is 0 Å². The molecule has 4 unspecified atom stereocenters. The van der Waals surface area contributed by atoms with Gasteiger partial charge in [-0.2, -0.15) is 0 Å². The van der Waals surface area contributed by atoms with E-state index in [2.05, 4.69) is 15.6 Å². The summed E-state index contributed by atoms with van der Waals surface area (Å²) in [5, 5.41) is 5.76. The molecule has 2 amide bonds. The third-order valence-electron chi connectivity index (χ3n) is 5.37. The number of carbonyl (C=O) groups excluding carboxylic acids is 2. The summed E-state index contributed by atoms with van der Waals surface area (Å²) in [5.41, 5.74) is 1.44. The Morgan fingerprint density at radius 2 is 1.74 bits per heavy atom. The molecule has 2 aromatic rings. The molecule has 0 saturated heterocycles. The molecule has 1 aromatic carbocycles. The maximum atomic E-state index is 13.1. The van der Waals surface area contributed by atoms with Gasteiger partial charge in [-0.25, -0.2) is 4.39 Å². The fourth-order valence-corrected chi connectivity index (χ4v) is 4.11. The smallest absolute Gasteiger partial charge is 0.228 e. The molecule has 1 saturated carbocycles. The molecule has 2 aliphatic rings. The number of amides is 2. The van der Waals surface area contributed by atoms with E-state index in [0.717, 1.165) is 12.0 Å². The number of fused-ring (bicyclic) bond motifs is 2. The van der Waals surface area contributed by atoms with Crippen LogP contribution in [-0.4, -0.2) is 16.8 Å². The number of pyridine rings is 1. The van der Waals surface area contributed by atoms with E-state index in [1.807, 2.05) is 24.3 Å². The molecule has 4 rings (SSSR count). The van der Waals surface area contributed by atoms with Gasteiger partial charge < -0.3 is 10.6 Å². The number of benzene rings is 1. The number of halogens is 1. The maximum absolute atomic E-state index is 13.1. The molecule has 6 heteroatoms. The lowest BCUT2D eigenvalue weighted by Crippen LogP contribution is -2.41. The zero-order valence-electron chi connectivity index (χ0n) is 14.6. The molecule has 5 nitrogen and oxygen atoms in total. The summed E-state index contributed by atoms with van der Waals surface area (Å²) in [4.78, 5) is 29.7.